The normalized spacial score (nSPS) is 11.4. The van der Waals surface area contributed by atoms with E-state index in [1.807, 2.05) is 31.2 Å². The van der Waals surface area contributed by atoms with E-state index in [-0.39, 0.29) is 11.6 Å². The summed E-state index contributed by atoms with van der Waals surface area (Å²) in [6.07, 6.45) is -3.08. The van der Waals surface area contributed by atoms with Gasteiger partial charge in [-0.25, -0.2) is 4.68 Å². The molecule has 0 bridgehead atoms. The molecule has 140 valence electrons. The second-order valence-corrected chi connectivity index (χ2v) is 6.21. The molecule has 1 aromatic heterocycles. The predicted octanol–water partition coefficient (Wildman–Crippen LogP) is 4.44. The minimum Gasteiger partial charge on any atom is -0.348 e. The molecule has 0 aliphatic heterocycles. The lowest BCUT2D eigenvalue weighted by molar-refractivity contribution is -0.137. The van der Waals surface area contributed by atoms with Crippen molar-refractivity contribution < 1.29 is 18.0 Å². The fraction of sp³-hybridized carbons (Fsp3) is 0.200. The standard InChI is InChI=1S/C20H18F3N3O/c1-13-6-3-4-7-15(13)11-24-19(27)18-12-25-26(14(18)2)17-9-5-8-16(10-17)20(21,22)23/h3-10,12H,11H2,1-2H3,(H,24,27). The number of amides is 1. The number of carbonyl (C=O) groups excluding carboxylic acids is 1. The van der Waals surface area contributed by atoms with Crippen molar-refractivity contribution in [3.05, 3.63) is 82.7 Å². The van der Waals surface area contributed by atoms with E-state index in [0.29, 0.717) is 17.8 Å². The van der Waals surface area contributed by atoms with Gasteiger partial charge in [0.1, 0.15) is 0 Å². The fourth-order valence-electron chi connectivity index (χ4n) is 2.79. The number of rotatable bonds is 4. The van der Waals surface area contributed by atoms with Crippen LogP contribution in [0.5, 0.6) is 0 Å². The molecule has 1 N–H and O–H groups in total. The molecule has 0 aliphatic carbocycles. The third kappa shape index (κ3) is 4.02. The second kappa shape index (κ2) is 7.26. The maximum Gasteiger partial charge on any atom is 0.416 e. The van der Waals surface area contributed by atoms with Gasteiger partial charge in [-0.15, -0.1) is 0 Å². The van der Waals surface area contributed by atoms with Gasteiger partial charge < -0.3 is 5.32 Å². The van der Waals surface area contributed by atoms with Crippen LogP contribution in [-0.4, -0.2) is 15.7 Å². The number of alkyl halides is 3. The Morgan fingerprint density at radius 2 is 1.85 bits per heavy atom. The van der Waals surface area contributed by atoms with Crippen molar-refractivity contribution in [1.29, 1.82) is 0 Å². The van der Waals surface area contributed by atoms with Crippen molar-refractivity contribution in [1.82, 2.24) is 15.1 Å². The smallest absolute Gasteiger partial charge is 0.348 e. The first kappa shape index (κ1) is 18.7. The lowest BCUT2D eigenvalue weighted by Crippen LogP contribution is -2.23. The van der Waals surface area contributed by atoms with Crippen LogP contribution in [0.3, 0.4) is 0 Å². The summed E-state index contributed by atoms with van der Waals surface area (Å²) in [4.78, 5) is 12.5. The number of halogens is 3. The Bertz CT molecular complexity index is 977. The van der Waals surface area contributed by atoms with Crippen LogP contribution in [0, 0.1) is 13.8 Å². The van der Waals surface area contributed by atoms with Gasteiger partial charge in [-0.2, -0.15) is 18.3 Å². The zero-order chi connectivity index (χ0) is 19.6. The van der Waals surface area contributed by atoms with Gasteiger partial charge in [0.25, 0.3) is 5.91 Å². The molecule has 3 aromatic rings. The Morgan fingerprint density at radius 3 is 2.56 bits per heavy atom. The summed E-state index contributed by atoms with van der Waals surface area (Å²) in [5, 5.41) is 6.92. The Morgan fingerprint density at radius 1 is 1.11 bits per heavy atom. The average Bonchev–Trinajstić information content (AvgIpc) is 3.02. The number of nitrogens with one attached hydrogen (secondary N) is 1. The van der Waals surface area contributed by atoms with Gasteiger partial charge in [0.05, 0.1) is 28.7 Å². The molecule has 1 amide bonds. The molecule has 2 aromatic carbocycles. The summed E-state index contributed by atoms with van der Waals surface area (Å²) >= 11 is 0. The van der Waals surface area contributed by atoms with Crippen LogP contribution < -0.4 is 5.32 Å². The molecule has 1 heterocycles. The zero-order valence-corrected chi connectivity index (χ0v) is 14.8. The Kier molecular flexibility index (Phi) is 5.03. The first-order valence-corrected chi connectivity index (χ1v) is 8.32. The minimum atomic E-state index is -4.44. The molecular weight excluding hydrogens is 355 g/mol. The van der Waals surface area contributed by atoms with Gasteiger partial charge in [-0.1, -0.05) is 30.3 Å². The molecule has 0 fully saturated rings. The first-order chi connectivity index (χ1) is 12.8. The summed E-state index contributed by atoms with van der Waals surface area (Å²) in [7, 11) is 0. The monoisotopic (exact) mass is 373 g/mol. The van der Waals surface area contributed by atoms with E-state index in [9.17, 15) is 18.0 Å². The minimum absolute atomic E-state index is 0.250. The Labute approximate surface area is 154 Å². The van der Waals surface area contributed by atoms with Gasteiger partial charge in [-0.3, -0.25) is 4.79 Å². The van der Waals surface area contributed by atoms with Crippen LogP contribution in [0.1, 0.15) is 32.7 Å². The number of nitrogens with zero attached hydrogens (tertiary/aromatic N) is 2. The molecule has 0 saturated carbocycles. The second-order valence-electron chi connectivity index (χ2n) is 6.21. The lowest BCUT2D eigenvalue weighted by Gasteiger charge is -2.10. The highest BCUT2D eigenvalue weighted by atomic mass is 19.4. The van der Waals surface area contributed by atoms with Crippen LogP contribution >= 0.6 is 0 Å². The van der Waals surface area contributed by atoms with E-state index >= 15 is 0 Å². The van der Waals surface area contributed by atoms with Crippen molar-refractivity contribution in [2.24, 2.45) is 0 Å². The van der Waals surface area contributed by atoms with Gasteiger partial charge in [0.2, 0.25) is 0 Å². The van der Waals surface area contributed by atoms with Crippen LogP contribution in [0.25, 0.3) is 5.69 Å². The van der Waals surface area contributed by atoms with E-state index < -0.39 is 11.7 Å². The van der Waals surface area contributed by atoms with Crippen LogP contribution in [-0.2, 0) is 12.7 Å². The number of carbonyl (C=O) groups is 1. The Balaban J connectivity index is 1.81. The molecule has 7 heteroatoms. The van der Waals surface area contributed by atoms with Crippen LogP contribution in [0.4, 0.5) is 13.2 Å². The number of benzene rings is 2. The summed E-state index contributed by atoms with van der Waals surface area (Å²) in [5.74, 6) is -0.325. The zero-order valence-electron chi connectivity index (χ0n) is 14.8. The highest BCUT2D eigenvalue weighted by molar-refractivity contribution is 5.95. The van der Waals surface area contributed by atoms with Gasteiger partial charge in [-0.05, 0) is 43.2 Å². The van der Waals surface area contributed by atoms with E-state index in [4.69, 9.17) is 0 Å². The largest absolute Gasteiger partial charge is 0.416 e. The molecule has 0 spiro atoms. The lowest BCUT2D eigenvalue weighted by atomic mass is 10.1. The van der Waals surface area contributed by atoms with Crippen LogP contribution in [0.15, 0.2) is 54.7 Å². The highest BCUT2D eigenvalue weighted by Gasteiger charge is 2.30. The third-order valence-electron chi connectivity index (χ3n) is 4.37. The maximum absolute atomic E-state index is 12.9. The summed E-state index contributed by atoms with van der Waals surface area (Å²) in [5.41, 5.74) is 2.33. The number of hydrogen-bond acceptors (Lipinski definition) is 2. The van der Waals surface area contributed by atoms with E-state index in [1.165, 1.54) is 23.0 Å². The van der Waals surface area contributed by atoms with E-state index in [2.05, 4.69) is 10.4 Å². The molecule has 27 heavy (non-hydrogen) atoms. The van der Waals surface area contributed by atoms with Crippen molar-refractivity contribution in [3.8, 4) is 5.69 Å². The number of aryl methyl sites for hydroxylation is 1. The van der Waals surface area contributed by atoms with Crippen molar-refractivity contribution in [2.45, 2.75) is 26.6 Å². The predicted molar refractivity (Wildman–Crippen MR) is 95.7 cm³/mol. The quantitative estimate of drug-likeness (QED) is 0.735. The van der Waals surface area contributed by atoms with E-state index in [0.717, 1.165) is 23.3 Å². The molecule has 0 unspecified atom stereocenters. The molecule has 4 nitrogen and oxygen atoms in total. The van der Waals surface area contributed by atoms with E-state index in [1.54, 1.807) is 6.92 Å². The first-order valence-electron chi connectivity index (χ1n) is 8.32. The van der Waals surface area contributed by atoms with Gasteiger partial charge in [0.15, 0.2) is 0 Å². The average molecular weight is 373 g/mol. The summed E-state index contributed by atoms with van der Waals surface area (Å²) in [6.45, 7) is 3.97. The number of hydrogen-bond donors (Lipinski definition) is 1. The number of aromatic nitrogens is 2. The molecule has 0 radical (unpaired) electrons. The summed E-state index contributed by atoms with van der Waals surface area (Å²) < 4.78 is 40.1. The highest BCUT2D eigenvalue weighted by Crippen LogP contribution is 2.30. The summed E-state index contributed by atoms with van der Waals surface area (Å²) in [6, 6.07) is 12.5. The van der Waals surface area contributed by atoms with Crippen LogP contribution in [0.2, 0.25) is 0 Å². The fourth-order valence-corrected chi connectivity index (χ4v) is 2.79. The Hall–Kier alpha value is -3.09. The van der Waals surface area contributed by atoms with Crippen molar-refractivity contribution in [3.63, 3.8) is 0 Å². The third-order valence-corrected chi connectivity index (χ3v) is 4.37. The molecule has 0 saturated heterocycles. The molecule has 0 aliphatic rings. The van der Waals surface area contributed by atoms with Gasteiger partial charge in [0, 0.05) is 6.54 Å². The molecule has 0 atom stereocenters. The van der Waals surface area contributed by atoms with Crippen molar-refractivity contribution in [2.75, 3.05) is 0 Å². The SMILES string of the molecule is Cc1ccccc1CNC(=O)c1cnn(-c2cccc(C(F)(F)F)c2)c1C. The molecule has 3 rings (SSSR count). The topological polar surface area (TPSA) is 46.9 Å². The maximum atomic E-state index is 12.9. The molecular formula is C20H18F3N3O. The van der Waals surface area contributed by atoms with Gasteiger partial charge >= 0.3 is 6.18 Å². The van der Waals surface area contributed by atoms with Crippen molar-refractivity contribution >= 4 is 5.91 Å².